The van der Waals surface area contributed by atoms with Gasteiger partial charge in [0, 0.05) is 31.9 Å². The summed E-state index contributed by atoms with van der Waals surface area (Å²) in [6, 6.07) is 2.87. The molecule has 0 spiro atoms. The average Bonchev–Trinajstić information content (AvgIpc) is 2.15. The normalized spacial score (nSPS) is 10.6. The van der Waals surface area contributed by atoms with Gasteiger partial charge in [0.15, 0.2) is 12.4 Å². The van der Waals surface area contributed by atoms with Gasteiger partial charge >= 0.3 is 12.1 Å². The third kappa shape index (κ3) is 3.22. The number of carbonyl (C=O) groups excluding carboxylic acids is 1. The lowest BCUT2D eigenvalue weighted by Crippen LogP contribution is -2.50. The van der Waals surface area contributed by atoms with Crippen molar-refractivity contribution in [3.63, 3.8) is 0 Å². The van der Waals surface area contributed by atoms with Crippen molar-refractivity contribution < 1.29 is 22.5 Å². The third-order valence-electron chi connectivity index (χ3n) is 1.81. The lowest BCUT2D eigenvalue weighted by molar-refractivity contribution is -0.586. The molecule has 0 aliphatic heterocycles. The van der Waals surface area contributed by atoms with Gasteiger partial charge in [0.25, 0.3) is 0 Å². The van der Waals surface area contributed by atoms with E-state index in [0.717, 1.165) is 18.1 Å². The van der Waals surface area contributed by atoms with Crippen molar-refractivity contribution in [3.8, 4) is 0 Å². The van der Waals surface area contributed by atoms with Crippen LogP contribution in [0.25, 0.3) is 0 Å². The highest BCUT2D eigenvalue weighted by atomic mass is 19.4. The fourth-order valence-electron chi connectivity index (χ4n) is 0.999. The Morgan fingerprint density at radius 2 is 1.69 bits per heavy atom. The van der Waals surface area contributed by atoms with Crippen LogP contribution >= 0.6 is 0 Å². The Bertz CT molecular complexity index is 357. The highest BCUT2D eigenvalue weighted by Gasteiger charge is 2.47. The largest absolute Gasteiger partial charge is 0.521 e. The molecule has 16 heavy (non-hydrogen) atoms. The zero-order valence-corrected chi connectivity index (χ0v) is 8.25. The van der Waals surface area contributed by atoms with Crippen LogP contribution in [0.3, 0.4) is 0 Å². The van der Waals surface area contributed by atoms with E-state index in [1.54, 1.807) is 19.0 Å². The molecule has 0 radical (unpaired) electrons. The first kappa shape index (κ1) is 14.4. The van der Waals surface area contributed by atoms with Crippen LogP contribution in [-0.4, -0.2) is 26.2 Å². The summed E-state index contributed by atoms with van der Waals surface area (Å²) < 4.78 is 36.5. The van der Waals surface area contributed by atoms with Crippen LogP contribution in [0.2, 0.25) is 0 Å². The summed E-state index contributed by atoms with van der Waals surface area (Å²) in [7, 11) is 3.51. The Hall–Kier alpha value is -1.59. The van der Waals surface area contributed by atoms with E-state index in [4.69, 9.17) is 0 Å². The molecule has 1 aromatic rings. The molecule has 1 heterocycles. The molecule has 0 aliphatic rings. The van der Waals surface area contributed by atoms with Crippen LogP contribution in [0.5, 0.6) is 0 Å². The Balaban J connectivity index is 0.00000225. The molecule has 0 fully saturated rings. The molecule has 0 amide bonds. The highest BCUT2D eigenvalue weighted by molar-refractivity contribution is 5.73. The fourth-order valence-corrected chi connectivity index (χ4v) is 0.999. The molecule has 0 saturated carbocycles. The van der Waals surface area contributed by atoms with Crippen molar-refractivity contribution in [2.75, 3.05) is 19.0 Å². The zero-order valence-electron chi connectivity index (χ0n) is 8.25. The Labute approximate surface area is 92.1 Å². The summed E-state index contributed by atoms with van der Waals surface area (Å²) >= 11 is 0. The molecular weight excluding hydrogens is 221 g/mol. The summed E-state index contributed by atoms with van der Waals surface area (Å²) in [6.07, 6.45) is -2.67. The minimum Gasteiger partial charge on any atom is -0.377 e. The lowest BCUT2D eigenvalue weighted by Gasteiger charge is -2.10. The molecule has 0 aromatic carbocycles. The quantitative estimate of drug-likeness (QED) is 0.694. The van der Waals surface area contributed by atoms with Gasteiger partial charge < -0.3 is 4.90 Å². The standard InChI is InChI=1S/C9H10F3N2O.CH4/c1-13(2)7-3-5-14(6-4-7)8(15)9(10,11)12;/h3-6H,1-2H3;1H4/q+1;. The average molecular weight is 235 g/mol. The topological polar surface area (TPSA) is 24.2 Å². The molecule has 6 heteroatoms. The van der Waals surface area contributed by atoms with Crippen LogP contribution in [0, 0.1) is 0 Å². The first-order valence-electron chi connectivity index (χ1n) is 4.12. The van der Waals surface area contributed by atoms with Crippen molar-refractivity contribution in [1.29, 1.82) is 0 Å². The zero-order chi connectivity index (χ0) is 11.6. The van der Waals surface area contributed by atoms with Gasteiger partial charge in [-0.15, -0.1) is 4.57 Å². The molecule has 1 aromatic heterocycles. The van der Waals surface area contributed by atoms with Gasteiger partial charge in [-0.2, -0.15) is 13.2 Å². The monoisotopic (exact) mass is 235 g/mol. The number of hydrogen-bond donors (Lipinski definition) is 0. The number of aromatic nitrogens is 1. The Morgan fingerprint density at radius 1 is 1.25 bits per heavy atom. The number of carbonyl (C=O) groups is 1. The van der Waals surface area contributed by atoms with Crippen molar-refractivity contribution in [3.05, 3.63) is 24.5 Å². The molecule has 90 valence electrons. The number of alkyl halides is 3. The molecule has 0 unspecified atom stereocenters. The molecule has 0 bridgehead atoms. The minimum atomic E-state index is -4.84. The third-order valence-corrected chi connectivity index (χ3v) is 1.81. The second-order valence-electron chi connectivity index (χ2n) is 3.16. The maximum Gasteiger partial charge on any atom is 0.521 e. The molecule has 0 aliphatic carbocycles. The van der Waals surface area contributed by atoms with E-state index in [9.17, 15) is 18.0 Å². The van der Waals surface area contributed by atoms with Gasteiger partial charge in [-0.3, -0.25) is 0 Å². The smallest absolute Gasteiger partial charge is 0.377 e. The maximum absolute atomic E-state index is 12.0. The number of hydrogen-bond acceptors (Lipinski definition) is 2. The molecule has 1 rings (SSSR count). The Kier molecular flexibility index (Phi) is 4.47. The summed E-state index contributed by atoms with van der Waals surface area (Å²) in [5, 5.41) is 0. The van der Waals surface area contributed by atoms with E-state index in [-0.39, 0.29) is 7.43 Å². The van der Waals surface area contributed by atoms with E-state index in [1.807, 2.05) is 0 Å². The van der Waals surface area contributed by atoms with Gasteiger partial charge in [0.1, 0.15) is 0 Å². The maximum atomic E-state index is 12.0. The van der Waals surface area contributed by atoms with Gasteiger partial charge in [0.2, 0.25) is 0 Å². The van der Waals surface area contributed by atoms with Crippen LogP contribution in [0.4, 0.5) is 18.9 Å². The first-order chi connectivity index (χ1) is 6.82. The van der Waals surface area contributed by atoms with E-state index >= 15 is 0 Å². The first-order valence-corrected chi connectivity index (χ1v) is 4.12. The van der Waals surface area contributed by atoms with Gasteiger partial charge in [-0.25, -0.2) is 4.79 Å². The number of halogens is 3. The number of nitrogens with zero attached hydrogens (tertiary/aromatic N) is 2. The van der Waals surface area contributed by atoms with E-state index in [1.165, 1.54) is 12.1 Å². The van der Waals surface area contributed by atoms with E-state index in [0.29, 0.717) is 4.57 Å². The van der Waals surface area contributed by atoms with Gasteiger partial charge in [-0.1, -0.05) is 7.43 Å². The molecule has 0 saturated heterocycles. The van der Waals surface area contributed by atoms with Crippen molar-refractivity contribution >= 4 is 11.6 Å². The van der Waals surface area contributed by atoms with Crippen molar-refractivity contribution in [2.45, 2.75) is 13.6 Å². The second-order valence-corrected chi connectivity index (χ2v) is 3.16. The summed E-state index contributed by atoms with van der Waals surface area (Å²) in [4.78, 5) is 12.5. The second kappa shape index (κ2) is 4.96. The van der Waals surface area contributed by atoms with E-state index in [2.05, 4.69) is 0 Å². The minimum absolute atomic E-state index is 0. The summed E-state index contributed by atoms with van der Waals surface area (Å²) in [6.45, 7) is 0. The number of rotatable bonds is 1. The molecule has 0 atom stereocenters. The summed E-state index contributed by atoms with van der Waals surface area (Å²) in [5.41, 5.74) is 0.723. The van der Waals surface area contributed by atoms with Crippen molar-refractivity contribution in [1.82, 2.24) is 0 Å². The molecular formula is C10H14F3N2O+. The van der Waals surface area contributed by atoms with Crippen LogP contribution < -0.4 is 9.47 Å². The Morgan fingerprint density at radius 3 is 2.00 bits per heavy atom. The highest BCUT2D eigenvalue weighted by Crippen LogP contribution is 2.14. The fraction of sp³-hybridized carbons (Fsp3) is 0.400. The number of pyridine rings is 1. The predicted molar refractivity (Wildman–Crippen MR) is 54.4 cm³/mol. The summed E-state index contributed by atoms with van der Waals surface area (Å²) in [5.74, 6) is -1.90. The van der Waals surface area contributed by atoms with Gasteiger partial charge in [0.05, 0.1) is 0 Å². The number of anilines is 1. The van der Waals surface area contributed by atoms with Crippen LogP contribution in [-0.2, 0) is 0 Å². The molecule has 0 N–H and O–H groups in total. The van der Waals surface area contributed by atoms with E-state index < -0.39 is 12.1 Å². The van der Waals surface area contributed by atoms with Crippen LogP contribution in [0.1, 0.15) is 12.2 Å². The predicted octanol–water partition coefficient (Wildman–Crippen LogP) is 1.88. The van der Waals surface area contributed by atoms with Gasteiger partial charge in [-0.05, 0) is 0 Å². The SMILES string of the molecule is C.CN(C)c1cc[n+](C(=O)C(F)(F)F)cc1. The lowest BCUT2D eigenvalue weighted by atomic mass is 10.4. The van der Waals surface area contributed by atoms with Crippen LogP contribution in [0.15, 0.2) is 24.5 Å². The van der Waals surface area contributed by atoms with Crippen molar-refractivity contribution in [2.24, 2.45) is 0 Å². The molecule has 3 nitrogen and oxygen atoms in total.